The van der Waals surface area contributed by atoms with Crippen molar-refractivity contribution in [1.29, 1.82) is 0 Å². The number of carbonyl (C=O) groups excluding carboxylic acids is 1. The summed E-state index contributed by atoms with van der Waals surface area (Å²) in [6, 6.07) is 4.59. The highest BCUT2D eigenvalue weighted by Crippen LogP contribution is 2.39. The molecule has 0 atom stereocenters. The van der Waals surface area contributed by atoms with Crippen molar-refractivity contribution in [3.63, 3.8) is 0 Å². The van der Waals surface area contributed by atoms with Gasteiger partial charge in [0.05, 0.1) is 12.3 Å². The van der Waals surface area contributed by atoms with Crippen LogP contribution < -0.4 is 8.92 Å². The SMILES string of the molecule is CCOC(=O)COc1cc(C)c(Cc2ccc(OS(=O)(=O)C(F)(F)F)c(C3CCCCC3)n2)c(C)c1C. The number of esters is 1. The second-order valence-corrected chi connectivity index (χ2v) is 10.7. The fraction of sp³-hybridized carbons (Fsp3) is 0.538. The Morgan fingerprint density at radius 1 is 1.05 bits per heavy atom. The van der Waals surface area contributed by atoms with Gasteiger partial charge in [0.25, 0.3) is 0 Å². The number of nitrogens with zero attached hydrogens (tertiary/aromatic N) is 1. The van der Waals surface area contributed by atoms with Crippen molar-refractivity contribution >= 4 is 16.1 Å². The fourth-order valence-corrected chi connectivity index (χ4v) is 5.02. The number of hydrogen-bond donors (Lipinski definition) is 0. The number of halogens is 3. The minimum absolute atomic E-state index is 0.185. The maximum Gasteiger partial charge on any atom is 0.534 e. The smallest absolute Gasteiger partial charge is 0.482 e. The summed E-state index contributed by atoms with van der Waals surface area (Å²) in [4.78, 5) is 16.3. The summed E-state index contributed by atoms with van der Waals surface area (Å²) in [6.45, 7) is 7.46. The Morgan fingerprint density at radius 3 is 2.35 bits per heavy atom. The van der Waals surface area contributed by atoms with Gasteiger partial charge in [0.2, 0.25) is 0 Å². The second-order valence-electron chi connectivity index (χ2n) is 9.19. The maximum atomic E-state index is 13.0. The van der Waals surface area contributed by atoms with E-state index in [0.29, 0.717) is 30.7 Å². The van der Waals surface area contributed by atoms with Gasteiger partial charge in [-0.1, -0.05) is 19.3 Å². The van der Waals surface area contributed by atoms with Crippen molar-refractivity contribution in [2.45, 2.75) is 77.6 Å². The first-order valence-corrected chi connectivity index (χ1v) is 13.6. The van der Waals surface area contributed by atoms with E-state index in [-0.39, 0.29) is 30.6 Å². The maximum absolute atomic E-state index is 13.0. The third kappa shape index (κ3) is 6.94. The Morgan fingerprint density at radius 2 is 1.73 bits per heavy atom. The molecule has 1 aliphatic carbocycles. The van der Waals surface area contributed by atoms with Crippen molar-refractivity contribution in [2.24, 2.45) is 0 Å². The molecule has 2 aromatic rings. The van der Waals surface area contributed by atoms with E-state index in [0.717, 1.165) is 41.5 Å². The lowest BCUT2D eigenvalue weighted by atomic mass is 9.86. The molecule has 0 amide bonds. The Hall–Kier alpha value is -2.82. The average molecular weight is 544 g/mol. The van der Waals surface area contributed by atoms with E-state index in [9.17, 15) is 26.4 Å². The number of ether oxygens (including phenoxy) is 2. The van der Waals surface area contributed by atoms with E-state index in [1.54, 1.807) is 6.92 Å². The summed E-state index contributed by atoms with van der Waals surface area (Å²) >= 11 is 0. The van der Waals surface area contributed by atoms with Crippen LogP contribution in [0.2, 0.25) is 0 Å². The van der Waals surface area contributed by atoms with E-state index in [2.05, 4.69) is 9.17 Å². The van der Waals surface area contributed by atoms with Gasteiger partial charge in [-0.15, -0.1) is 0 Å². The summed E-state index contributed by atoms with van der Waals surface area (Å²) in [6.07, 6.45) is 4.54. The van der Waals surface area contributed by atoms with Gasteiger partial charge in [-0.3, -0.25) is 4.98 Å². The Labute approximate surface area is 215 Å². The molecule has 0 aliphatic heterocycles. The molecule has 0 N–H and O–H groups in total. The third-order valence-electron chi connectivity index (χ3n) is 6.64. The van der Waals surface area contributed by atoms with Gasteiger partial charge < -0.3 is 13.7 Å². The molecule has 0 spiro atoms. The zero-order valence-corrected chi connectivity index (χ0v) is 22.2. The highest BCUT2D eigenvalue weighted by Gasteiger charge is 2.49. The van der Waals surface area contributed by atoms with Gasteiger partial charge in [-0.2, -0.15) is 21.6 Å². The average Bonchev–Trinajstić information content (AvgIpc) is 2.84. The molecule has 1 saturated carbocycles. The van der Waals surface area contributed by atoms with Gasteiger partial charge in [0, 0.05) is 18.0 Å². The summed E-state index contributed by atoms with van der Waals surface area (Å²) in [5.41, 5.74) is -1.08. The highest BCUT2D eigenvalue weighted by molar-refractivity contribution is 7.88. The summed E-state index contributed by atoms with van der Waals surface area (Å²) in [5, 5.41) is 0. The predicted octanol–water partition coefficient (Wildman–Crippen LogP) is 5.82. The number of aromatic nitrogens is 1. The first kappa shape index (κ1) is 28.7. The van der Waals surface area contributed by atoms with Crippen LogP contribution in [0.4, 0.5) is 13.2 Å². The highest BCUT2D eigenvalue weighted by atomic mass is 32.2. The molecule has 3 rings (SSSR count). The van der Waals surface area contributed by atoms with Crippen molar-refractivity contribution in [3.05, 3.63) is 51.8 Å². The van der Waals surface area contributed by atoms with E-state index < -0.39 is 21.6 Å². The van der Waals surface area contributed by atoms with Crippen LogP contribution in [0.1, 0.15) is 78.6 Å². The lowest BCUT2D eigenvalue weighted by Gasteiger charge is -2.24. The molecular weight excluding hydrogens is 511 g/mol. The third-order valence-corrected chi connectivity index (χ3v) is 7.60. The number of rotatable bonds is 9. The van der Waals surface area contributed by atoms with Crippen LogP contribution in [0.5, 0.6) is 11.5 Å². The number of hydrogen-bond acceptors (Lipinski definition) is 7. The molecule has 0 unspecified atom stereocenters. The Bertz CT molecular complexity index is 1240. The van der Waals surface area contributed by atoms with Gasteiger partial charge in [0.1, 0.15) is 5.75 Å². The van der Waals surface area contributed by atoms with E-state index in [4.69, 9.17) is 9.47 Å². The van der Waals surface area contributed by atoms with Crippen LogP contribution in [-0.2, 0) is 26.1 Å². The Kier molecular flexibility index (Phi) is 9.09. The number of aryl methyl sites for hydroxylation is 1. The number of alkyl halides is 3. The van der Waals surface area contributed by atoms with Crippen molar-refractivity contribution in [3.8, 4) is 11.5 Å². The summed E-state index contributed by atoms with van der Waals surface area (Å²) in [5.74, 6) is -0.464. The topological polar surface area (TPSA) is 91.8 Å². The quantitative estimate of drug-likeness (QED) is 0.224. The van der Waals surface area contributed by atoms with Gasteiger partial charge in [0.15, 0.2) is 12.4 Å². The molecule has 1 aliphatic rings. The molecule has 0 bridgehead atoms. The largest absolute Gasteiger partial charge is 0.534 e. The zero-order valence-electron chi connectivity index (χ0n) is 21.4. The molecule has 7 nitrogen and oxygen atoms in total. The molecule has 1 heterocycles. The standard InChI is InChI=1S/C26H32F3NO6S/c1-5-34-24(31)15-35-23-13-16(2)21(17(3)18(23)4)14-20-11-12-22(36-37(32,33)26(27,28)29)25(30-20)19-9-7-6-8-10-19/h11-13,19H,5-10,14-15H2,1-4H3. The van der Waals surface area contributed by atoms with E-state index >= 15 is 0 Å². The molecule has 0 radical (unpaired) electrons. The predicted molar refractivity (Wildman–Crippen MR) is 131 cm³/mol. The van der Waals surface area contributed by atoms with Crippen LogP contribution in [0.3, 0.4) is 0 Å². The number of pyridine rings is 1. The molecule has 1 aromatic carbocycles. The molecule has 1 aromatic heterocycles. The second kappa shape index (κ2) is 11.7. The van der Waals surface area contributed by atoms with Crippen LogP contribution >= 0.6 is 0 Å². The minimum Gasteiger partial charge on any atom is -0.482 e. The zero-order chi connectivity index (χ0) is 27.4. The molecular formula is C26H32F3NO6S. The van der Waals surface area contributed by atoms with Crippen molar-refractivity contribution < 1.29 is 40.0 Å². The lowest BCUT2D eigenvalue weighted by Crippen LogP contribution is -2.28. The molecule has 204 valence electrons. The van der Waals surface area contributed by atoms with Gasteiger partial charge >= 0.3 is 21.6 Å². The minimum atomic E-state index is -5.81. The summed E-state index contributed by atoms with van der Waals surface area (Å²) in [7, 11) is -5.81. The molecule has 1 fully saturated rings. The first-order chi connectivity index (χ1) is 17.3. The van der Waals surface area contributed by atoms with Crippen LogP contribution in [0.25, 0.3) is 0 Å². The van der Waals surface area contributed by atoms with Crippen LogP contribution in [-0.4, -0.2) is 38.1 Å². The van der Waals surface area contributed by atoms with E-state index in [1.807, 2.05) is 26.8 Å². The normalized spacial score (nSPS) is 14.9. The monoisotopic (exact) mass is 543 g/mol. The van der Waals surface area contributed by atoms with Crippen molar-refractivity contribution in [1.82, 2.24) is 4.98 Å². The molecule has 37 heavy (non-hydrogen) atoms. The van der Waals surface area contributed by atoms with Crippen LogP contribution in [0.15, 0.2) is 18.2 Å². The fourth-order valence-electron chi connectivity index (χ4n) is 4.55. The van der Waals surface area contributed by atoms with E-state index in [1.165, 1.54) is 12.1 Å². The Balaban J connectivity index is 1.93. The number of carbonyl (C=O) groups is 1. The molecule has 11 heteroatoms. The summed E-state index contributed by atoms with van der Waals surface area (Å²) < 4.78 is 77.5. The van der Waals surface area contributed by atoms with Gasteiger partial charge in [-0.05, 0) is 81.0 Å². The lowest BCUT2D eigenvalue weighted by molar-refractivity contribution is -0.145. The van der Waals surface area contributed by atoms with Crippen molar-refractivity contribution in [2.75, 3.05) is 13.2 Å². The van der Waals surface area contributed by atoms with Gasteiger partial charge in [-0.25, -0.2) is 4.79 Å². The molecule has 0 saturated heterocycles. The number of benzene rings is 1. The van der Waals surface area contributed by atoms with Crippen LogP contribution in [0, 0.1) is 20.8 Å². The first-order valence-electron chi connectivity index (χ1n) is 12.2.